The highest BCUT2D eigenvalue weighted by Gasteiger charge is 2.11. The molecule has 0 fully saturated rings. The van der Waals surface area contributed by atoms with Crippen molar-refractivity contribution in [1.82, 2.24) is 4.90 Å². The average Bonchev–Trinajstić information content (AvgIpc) is 1.88. The molecule has 0 bridgehead atoms. The minimum atomic E-state index is -0.286. The zero-order valence-electron chi connectivity index (χ0n) is 6.13. The van der Waals surface area contributed by atoms with Crippen molar-refractivity contribution in [2.75, 3.05) is 20.1 Å². The molecule has 0 aromatic heterocycles. The monoisotopic (exact) mass is 140 g/mol. The van der Waals surface area contributed by atoms with E-state index in [0.29, 0.717) is 6.54 Å². The molecule has 0 aromatic carbocycles. The van der Waals surface area contributed by atoms with E-state index in [4.69, 9.17) is 5.73 Å². The molecule has 3 nitrogen and oxygen atoms in total. The fourth-order valence-electron chi connectivity index (χ4n) is 1.07. The lowest BCUT2D eigenvalue weighted by atomic mass is 10.1. The molecule has 10 heavy (non-hydrogen) atoms. The molecule has 1 aliphatic heterocycles. The Morgan fingerprint density at radius 3 is 2.90 bits per heavy atom. The van der Waals surface area contributed by atoms with E-state index in [1.165, 1.54) is 0 Å². The third kappa shape index (κ3) is 1.57. The highest BCUT2D eigenvalue weighted by molar-refractivity contribution is 5.92. The van der Waals surface area contributed by atoms with Gasteiger partial charge in [-0.2, -0.15) is 0 Å². The molecule has 2 N–H and O–H groups in total. The van der Waals surface area contributed by atoms with Crippen molar-refractivity contribution in [3.05, 3.63) is 11.6 Å². The van der Waals surface area contributed by atoms with Crippen molar-refractivity contribution >= 4 is 5.91 Å². The van der Waals surface area contributed by atoms with E-state index in [2.05, 4.69) is 4.90 Å². The van der Waals surface area contributed by atoms with E-state index in [1.807, 2.05) is 13.1 Å². The summed E-state index contributed by atoms with van der Waals surface area (Å²) in [6.07, 6.45) is 2.86. The molecule has 0 atom stereocenters. The van der Waals surface area contributed by atoms with Gasteiger partial charge in [0, 0.05) is 18.7 Å². The Balaban J connectivity index is 2.60. The SMILES string of the molecule is CN1CCC=C(C(N)=O)C1. The third-order valence-corrected chi connectivity index (χ3v) is 1.66. The Morgan fingerprint density at radius 1 is 1.80 bits per heavy atom. The summed E-state index contributed by atoms with van der Waals surface area (Å²) in [6, 6.07) is 0. The number of nitrogens with zero attached hydrogens (tertiary/aromatic N) is 1. The molecule has 0 aromatic rings. The molecule has 0 saturated carbocycles. The van der Waals surface area contributed by atoms with E-state index in [-0.39, 0.29) is 5.91 Å². The van der Waals surface area contributed by atoms with E-state index < -0.39 is 0 Å². The van der Waals surface area contributed by atoms with Gasteiger partial charge in [-0.15, -0.1) is 0 Å². The zero-order chi connectivity index (χ0) is 7.56. The molecule has 0 radical (unpaired) electrons. The lowest BCUT2D eigenvalue weighted by molar-refractivity contribution is -0.114. The molecule has 0 unspecified atom stereocenters. The van der Waals surface area contributed by atoms with Gasteiger partial charge in [0.05, 0.1) is 0 Å². The summed E-state index contributed by atoms with van der Waals surface area (Å²) in [5, 5.41) is 0. The van der Waals surface area contributed by atoms with Gasteiger partial charge in [-0.1, -0.05) is 6.08 Å². The largest absolute Gasteiger partial charge is 0.366 e. The van der Waals surface area contributed by atoms with Crippen molar-refractivity contribution < 1.29 is 4.79 Å². The second kappa shape index (κ2) is 2.84. The Bertz CT molecular complexity index is 174. The molecular formula is C7H12N2O. The van der Waals surface area contributed by atoms with Crippen LogP contribution in [0.2, 0.25) is 0 Å². The number of hydrogen-bond acceptors (Lipinski definition) is 2. The van der Waals surface area contributed by atoms with Crippen LogP contribution in [0, 0.1) is 0 Å². The van der Waals surface area contributed by atoms with Crippen LogP contribution in [0.25, 0.3) is 0 Å². The van der Waals surface area contributed by atoms with Gasteiger partial charge in [0.1, 0.15) is 0 Å². The van der Waals surface area contributed by atoms with E-state index in [1.54, 1.807) is 0 Å². The number of primary amides is 1. The zero-order valence-corrected chi connectivity index (χ0v) is 6.13. The average molecular weight is 140 g/mol. The number of nitrogens with two attached hydrogens (primary N) is 1. The summed E-state index contributed by atoms with van der Waals surface area (Å²) in [4.78, 5) is 12.7. The highest BCUT2D eigenvalue weighted by atomic mass is 16.1. The van der Waals surface area contributed by atoms with Crippen LogP contribution in [0.1, 0.15) is 6.42 Å². The first-order chi connectivity index (χ1) is 4.70. The first-order valence-electron chi connectivity index (χ1n) is 3.37. The van der Waals surface area contributed by atoms with Crippen LogP contribution in [0.3, 0.4) is 0 Å². The van der Waals surface area contributed by atoms with Crippen LogP contribution in [-0.2, 0) is 4.79 Å². The van der Waals surface area contributed by atoms with Crippen LogP contribution < -0.4 is 5.73 Å². The summed E-state index contributed by atoms with van der Waals surface area (Å²) in [5.74, 6) is -0.286. The fourth-order valence-corrected chi connectivity index (χ4v) is 1.07. The lowest BCUT2D eigenvalue weighted by Gasteiger charge is -2.20. The molecular weight excluding hydrogens is 128 g/mol. The van der Waals surface area contributed by atoms with Gasteiger partial charge in [0.15, 0.2) is 0 Å². The van der Waals surface area contributed by atoms with Crippen LogP contribution in [0.4, 0.5) is 0 Å². The minimum absolute atomic E-state index is 0.286. The summed E-state index contributed by atoms with van der Waals surface area (Å²) in [7, 11) is 1.98. The topological polar surface area (TPSA) is 46.3 Å². The summed E-state index contributed by atoms with van der Waals surface area (Å²) in [5.41, 5.74) is 5.84. The van der Waals surface area contributed by atoms with Gasteiger partial charge < -0.3 is 10.6 Å². The standard InChI is InChI=1S/C7H12N2O/c1-9-4-2-3-6(5-9)7(8)10/h3H,2,4-5H2,1H3,(H2,8,10). The smallest absolute Gasteiger partial charge is 0.245 e. The summed E-state index contributed by atoms with van der Waals surface area (Å²) in [6.45, 7) is 1.73. The Hall–Kier alpha value is -0.830. The molecule has 0 aliphatic carbocycles. The molecule has 56 valence electrons. The van der Waals surface area contributed by atoms with Crippen molar-refractivity contribution in [3.63, 3.8) is 0 Å². The van der Waals surface area contributed by atoms with Crippen LogP contribution in [-0.4, -0.2) is 30.9 Å². The predicted molar refractivity (Wildman–Crippen MR) is 39.4 cm³/mol. The molecule has 0 saturated heterocycles. The number of likely N-dealkylation sites (N-methyl/N-ethyl adjacent to an activating group) is 1. The van der Waals surface area contributed by atoms with Gasteiger partial charge >= 0.3 is 0 Å². The van der Waals surface area contributed by atoms with Crippen molar-refractivity contribution in [2.45, 2.75) is 6.42 Å². The molecule has 0 spiro atoms. The number of carbonyl (C=O) groups excluding carboxylic acids is 1. The van der Waals surface area contributed by atoms with Crippen LogP contribution >= 0.6 is 0 Å². The third-order valence-electron chi connectivity index (χ3n) is 1.66. The maximum Gasteiger partial charge on any atom is 0.245 e. The number of amides is 1. The Morgan fingerprint density at radius 2 is 2.50 bits per heavy atom. The second-order valence-electron chi connectivity index (χ2n) is 2.62. The summed E-state index contributed by atoms with van der Waals surface area (Å²) >= 11 is 0. The van der Waals surface area contributed by atoms with Crippen LogP contribution in [0.15, 0.2) is 11.6 Å². The maximum absolute atomic E-state index is 10.6. The van der Waals surface area contributed by atoms with Gasteiger partial charge in [0.2, 0.25) is 5.91 Å². The maximum atomic E-state index is 10.6. The normalized spacial score (nSPS) is 20.3. The van der Waals surface area contributed by atoms with Gasteiger partial charge in [-0.3, -0.25) is 4.79 Å². The Labute approximate surface area is 60.5 Å². The van der Waals surface area contributed by atoms with E-state index >= 15 is 0 Å². The fraction of sp³-hybridized carbons (Fsp3) is 0.571. The Kier molecular flexibility index (Phi) is 2.06. The van der Waals surface area contributed by atoms with E-state index in [9.17, 15) is 4.79 Å². The first kappa shape index (κ1) is 7.28. The summed E-state index contributed by atoms with van der Waals surface area (Å²) < 4.78 is 0. The molecule has 1 heterocycles. The van der Waals surface area contributed by atoms with Crippen molar-refractivity contribution in [3.8, 4) is 0 Å². The molecule has 1 amide bonds. The lowest BCUT2D eigenvalue weighted by Crippen LogP contribution is -2.31. The first-order valence-corrected chi connectivity index (χ1v) is 3.37. The quantitative estimate of drug-likeness (QED) is 0.545. The molecule has 3 heteroatoms. The molecule has 1 rings (SSSR count). The van der Waals surface area contributed by atoms with Gasteiger partial charge in [-0.05, 0) is 13.5 Å². The van der Waals surface area contributed by atoms with Gasteiger partial charge in [0.25, 0.3) is 0 Å². The highest BCUT2D eigenvalue weighted by Crippen LogP contribution is 2.05. The predicted octanol–water partition coefficient (Wildman–Crippen LogP) is -0.266. The van der Waals surface area contributed by atoms with Crippen molar-refractivity contribution in [2.24, 2.45) is 5.73 Å². The minimum Gasteiger partial charge on any atom is -0.366 e. The number of carbonyl (C=O) groups is 1. The number of rotatable bonds is 1. The second-order valence-corrected chi connectivity index (χ2v) is 2.62. The number of hydrogen-bond donors (Lipinski definition) is 1. The van der Waals surface area contributed by atoms with Gasteiger partial charge in [-0.25, -0.2) is 0 Å². The van der Waals surface area contributed by atoms with E-state index in [0.717, 1.165) is 18.5 Å². The van der Waals surface area contributed by atoms with Crippen molar-refractivity contribution in [1.29, 1.82) is 0 Å². The van der Waals surface area contributed by atoms with Crippen LogP contribution in [0.5, 0.6) is 0 Å². The molecule has 1 aliphatic rings.